The van der Waals surface area contributed by atoms with Crippen molar-refractivity contribution in [2.75, 3.05) is 0 Å². The minimum Gasteiger partial charge on any atom is -0.271 e. The van der Waals surface area contributed by atoms with Crippen molar-refractivity contribution in [2.45, 2.75) is 6.42 Å². The van der Waals surface area contributed by atoms with Crippen LogP contribution in [0.1, 0.15) is 6.42 Å². The average molecular weight is 99.1 g/mol. The van der Waals surface area contributed by atoms with E-state index < -0.39 is 0 Å². The molecule has 0 aliphatic carbocycles. The summed E-state index contributed by atoms with van der Waals surface area (Å²) in [5.74, 6) is 4.81. The number of carbonyl (C=O) groups is 1. The first-order valence-corrected chi connectivity index (χ1v) is 1.91. The van der Waals surface area contributed by atoms with Gasteiger partial charge in [-0.2, -0.15) is 10.2 Å². The Morgan fingerprint density at radius 3 is 2.86 bits per heavy atom. The molecule has 4 nitrogen and oxygen atoms in total. The van der Waals surface area contributed by atoms with Crippen molar-refractivity contribution in [3.8, 4) is 0 Å². The second kappa shape index (κ2) is 1.31. The summed E-state index contributed by atoms with van der Waals surface area (Å²) in [4.78, 5) is 10.2. The van der Waals surface area contributed by atoms with Crippen LogP contribution in [0.25, 0.3) is 0 Å². The summed E-state index contributed by atoms with van der Waals surface area (Å²) in [5, 5.41) is 4.29. The smallest absolute Gasteiger partial charge is 0.262 e. The Morgan fingerprint density at radius 2 is 2.71 bits per heavy atom. The van der Waals surface area contributed by atoms with Gasteiger partial charge in [0.25, 0.3) is 5.91 Å². The van der Waals surface area contributed by atoms with Gasteiger partial charge in [-0.1, -0.05) is 0 Å². The van der Waals surface area contributed by atoms with Gasteiger partial charge < -0.3 is 0 Å². The van der Waals surface area contributed by atoms with Crippen LogP contribution in [-0.4, -0.2) is 17.2 Å². The Morgan fingerprint density at radius 1 is 2.00 bits per heavy atom. The fourth-order valence-corrected chi connectivity index (χ4v) is 0.365. The van der Waals surface area contributed by atoms with E-state index in [-0.39, 0.29) is 5.91 Å². The molecule has 0 saturated heterocycles. The molecular weight excluding hydrogens is 94.1 g/mol. The zero-order chi connectivity index (χ0) is 5.28. The van der Waals surface area contributed by atoms with E-state index in [4.69, 9.17) is 5.84 Å². The number of nitrogens with two attached hydrogens (primary N) is 1. The largest absolute Gasteiger partial charge is 0.271 e. The molecule has 1 amide bonds. The fourth-order valence-electron chi connectivity index (χ4n) is 0.365. The molecule has 1 aliphatic rings. The quantitative estimate of drug-likeness (QED) is 0.315. The number of hydrazone groups is 1. The first-order valence-electron chi connectivity index (χ1n) is 1.91. The predicted octanol–water partition coefficient (Wildman–Crippen LogP) is -0.922. The predicted molar refractivity (Wildman–Crippen MR) is 24.1 cm³/mol. The maximum Gasteiger partial charge on any atom is 0.262 e. The fraction of sp³-hybridized carbons (Fsp3) is 0.333. The summed E-state index contributed by atoms with van der Waals surface area (Å²) in [6, 6.07) is 0. The number of hydrazine groups is 1. The lowest BCUT2D eigenvalue weighted by Gasteiger charge is -1.98. The van der Waals surface area contributed by atoms with Gasteiger partial charge in [-0.3, -0.25) is 4.79 Å². The maximum absolute atomic E-state index is 10.2. The van der Waals surface area contributed by atoms with E-state index in [0.717, 1.165) is 5.12 Å². The molecule has 2 N–H and O–H groups in total. The summed E-state index contributed by atoms with van der Waals surface area (Å²) in [5.41, 5.74) is 0. The molecule has 1 heterocycles. The van der Waals surface area contributed by atoms with Crippen molar-refractivity contribution in [3.63, 3.8) is 0 Å². The first-order chi connectivity index (χ1) is 3.30. The number of hydrogen-bond acceptors (Lipinski definition) is 3. The third kappa shape index (κ3) is 0.592. The van der Waals surface area contributed by atoms with Crippen LogP contribution in [0.3, 0.4) is 0 Å². The Balaban J connectivity index is 2.62. The molecule has 38 valence electrons. The van der Waals surface area contributed by atoms with Crippen LogP contribution < -0.4 is 5.84 Å². The third-order valence-corrected chi connectivity index (χ3v) is 0.727. The molecule has 0 bridgehead atoms. The highest BCUT2D eigenvalue weighted by Crippen LogP contribution is 1.92. The lowest BCUT2D eigenvalue weighted by Crippen LogP contribution is -2.27. The molecule has 4 heteroatoms. The Hall–Kier alpha value is -0.900. The zero-order valence-corrected chi connectivity index (χ0v) is 3.66. The van der Waals surface area contributed by atoms with Crippen LogP contribution >= 0.6 is 0 Å². The first kappa shape index (κ1) is 4.26. The Labute approximate surface area is 40.6 Å². The molecule has 1 rings (SSSR count). The number of nitrogens with zero attached hydrogens (tertiary/aromatic N) is 2. The molecule has 0 aromatic heterocycles. The van der Waals surface area contributed by atoms with Gasteiger partial charge in [0.2, 0.25) is 0 Å². The van der Waals surface area contributed by atoms with Crippen LogP contribution in [-0.2, 0) is 4.79 Å². The van der Waals surface area contributed by atoms with Gasteiger partial charge in [0.05, 0.1) is 6.42 Å². The molecule has 0 aromatic carbocycles. The summed E-state index contributed by atoms with van der Waals surface area (Å²) in [6.45, 7) is 0. The topological polar surface area (TPSA) is 58.7 Å². The van der Waals surface area contributed by atoms with Gasteiger partial charge in [0.1, 0.15) is 0 Å². The second-order valence-electron chi connectivity index (χ2n) is 1.24. The number of amides is 1. The molecular formula is C3H5N3O. The highest BCUT2D eigenvalue weighted by molar-refractivity contribution is 5.93. The van der Waals surface area contributed by atoms with Crippen molar-refractivity contribution in [3.05, 3.63) is 0 Å². The monoisotopic (exact) mass is 99.0 g/mol. The molecule has 0 radical (unpaired) electrons. The van der Waals surface area contributed by atoms with Gasteiger partial charge in [0, 0.05) is 6.21 Å². The SMILES string of the molecule is NN1N=CCC1=O. The van der Waals surface area contributed by atoms with E-state index in [1.165, 1.54) is 6.21 Å². The van der Waals surface area contributed by atoms with Crippen molar-refractivity contribution < 1.29 is 4.79 Å². The molecule has 0 unspecified atom stereocenters. The van der Waals surface area contributed by atoms with Gasteiger partial charge >= 0.3 is 0 Å². The highest BCUT2D eigenvalue weighted by Gasteiger charge is 2.10. The molecule has 1 aliphatic heterocycles. The minimum absolute atomic E-state index is 0.153. The lowest BCUT2D eigenvalue weighted by molar-refractivity contribution is -0.128. The molecule has 0 spiro atoms. The van der Waals surface area contributed by atoms with Crippen molar-refractivity contribution >= 4 is 12.1 Å². The van der Waals surface area contributed by atoms with Crippen LogP contribution in [0.5, 0.6) is 0 Å². The summed E-state index contributed by atoms with van der Waals surface area (Å²) in [6.07, 6.45) is 1.82. The number of rotatable bonds is 0. The van der Waals surface area contributed by atoms with E-state index in [1.54, 1.807) is 0 Å². The van der Waals surface area contributed by atoms with Gasteiger partial charge in [-0.15, -0.1) is 0 Å². The standard InChI is InChI=1S/C3H5N3O/c4-6-3(7)1-2-5-6/h2H,1,4H2. The molecule has 0 fully saturated rings. The van der Waals surface area contributed by atoms with E-state index in [2.05, 4.69) is 5.10 Å². The van der Waals surface area contributed by atoms with Gasteiger partial charge in [-0.05, 0) is 0 Å². The number of carbonyl (C=O) groups excluding carboxylic acids is 1. The normalized spacial score (nSPS) is 19.0. The molecule has 0 atom stereocenters. The van der Waals surface area contributed by atoms with Crippen LogP contribution in [0.15, 0.2) is 5.10 Å². The summed E-state index contributed by atoms with van der Waals surface area (Å²) in [7, 11) is 0. The van der Waals surface area contributed by atoms with E-state index >= 15 is 0 Å². The molecule has 0 saturated carbocycles. The second-order valence-corrected chi connectivity index (χ2v) is 1.24. The van der Waals surface area contributed by atoms with Crippen molar-refractivity contribution in [1.82, 2.24) is 5.12 Å². The maximum atomic E-state index is 10.2. The van der Waals surface area contributed by atoms with Crippen molar-refractivity contribution in [2.24, 2.45) is 10.9 Å². The van der Waals surface area contributed by atoms with Gasteiger partial charge in [0.15, 0.2) is 0 Å². The average Bonchev–Trinajstić information content (AvgIpc) is 1.91. The summed E-state index contributed by atoms with van der Waals surface area (Å²) >= 11 is 0. The lowest BCUT2D eigenvalue weighted by atomic mass is 10.5. The van der Waals surface area contributed by atoms with E-state index in [0.29, 0.717) is 6.42 Å². The molecule has 0 aromatic rings. The van der Waals surface area contributed by atoms with E-state index in [1.807, 2.05) is 0 Å². The highest BCUT2D eigenvalue weighted by atomic mass is 16.2. The van der Waals surface area contributed by atoms with Crippen LogP contribution in [0.2, 0.25) is 0 Å². The van der Waals surface area contributed by atoms with Crippen LogP contribution in [0.4, 0.5) is 0 Å². The Bertz CT molecular complexity index is 119. The number of hydrogen-bond donors (Lipinski definition) is 1. The minimum atomic E-state index is -0.153. The summed E-state index contributed by atoms with van der Waals surface area (Å²) < 4.78 is 0. The zero-order valence-electron chi connectivity index (χ0n) is 3.66. The third-order valence-electron chi connectivity index (χ3n) is 0.727. The molecule has 7 heavy (non-hydrogen) atoms. The van der Waals surface area contributed by atoms with Crippen molar-refractivity contribution in [1.29, 1.82) is 0 Å². The Kier molecular flexibility index (Phi) is 0.796. The van der Waals surface area contributed by atoms with Gasteiger partial charge in [-0.25, -0.2) is 5.84 Å². The van der Waals surface area contributed by atoms with E-state index in [9.17, 15) is 4.79 Å². The van der Waals surface area contributed by atoms with Crippen LogP contribution in [0, 0.1) is 0 Å².